The molecule has 10 heteroatoms. The van der Waals surface area contributed by atoms with Crippen LogP contribution in [0.1, 0.15) is 20.8 Å². The van der Waals surface area contributed by atoms with Gasteiger partial charge in [0.05, 0.1) is 5.69 Å². The Morgan fingerprint density at radius 2 is 1.61 bits per heavy atom. The lowest BCUT2D eigenvalue weighted by Crippen LogP contribution is -2.19. The molecule has 144 valence electrons. The van der Waals surface area contributed by atoms with Gasteiger partial charge in [-0.1, -0.05) is 30.3 Å². The maximum Gasteiger partial charge on any atom is 0.573 e. The first-order valence-electron chi connectivity index (χ1n) is 7.80. The zero-order valence-corrected chi connectivity index (χ0v) is 14.0. The van der Waals surface area contributed by atoms with Crippen LogP contribution >= 0.6 is 0 Å². The lowest BCUT2D eigenvalue weighted by atomic mass is 10.2. The number of alkyl halides is 3. The Bertz CT molecular complexity index is 987. The molecular weight excluding hydrogens is 379 g/mol. The van der Waals surface area contributed by atoms with Gasteiger partial charge in [-0.25, -0.2) is 0 Å². The van der Waals surface area contributed by atoms with Crippen molar-refractivity contribution in [2.45, 2.75) is 6.36 Å². The molecule has 7 nitrogen and oxygen atoms in total. The first-order valence-corrected chi connectivity index (χ1v) is 7.80. The summed E-state index contributed by atoms with van der Waals surface area (Å²) < 4.78 is 46.2. The average molecular weight is 391 g/mol. The molecule has 0 atom stereocenters. The molecule has 0 bridgehead atoms. The number of carbonyl (C=O) groups excluding carboxylic acids is 2. The third kappa shape index (κ3) is 4.87. The number of carbonyl (C=O) groups is 2. The summed E-state index contributed by atoms with van der Waals surface area (Å²) in [5.74, 6) is -1.93. The second-order valence-electron chi connectivity index (χ2n) is 5.36. The molecule has 1 aromatic heterocycles. The smallest absolute Gasteiger partial charge is 0.431 e. The lowest BCUT2D eigenvalue weighted by Gasteiger charge is -2.13. The third-order valence-electron chi connectivity index (χ3n) is 3.35. The number of nitrogens with zero attached hydrogens (tertiary/aromatic N) is 1. The van der Waals surface area contributed by atoms with E-state index in [1.165, 1.54) is 18.2 Å². The lowest BCUT2D eigenvalue weighted by molar-refractivity contribution is -0.274. The van der Waals surface area contributed by atoms with E-state index in [4.69, 9.17) is 4.42 Å². The van der Waals surface area contributed by atoms with E-state index < -0.39 is 23.9 Å². The van der Waals surface area contributed by atoms with Crippen LogP contribution in [0, 0.1) is 0 Å². The van der Waals surface area contributed by atoms with Crippen LogP contribution in [0.3, 0.4) is 0 Å². The SMILES string of the molecule is O=C(Nc1nc(C(=O)Nc2ccccc2OC(F)(F)F)co1)c1ccccc1. The van der Waals surface area contributed by atoms with Crippen molar-refractivity contribution in [2.75, 3.05) is 10.6 Å². The molecule has 3 rings (SSSR count). The maximum atomic E-state index is 12.4. The molecule has 0 aliphatic rings. The van der Waals surface area contributed by atoms with Gasteiger partial charge >= 0.3 is 12.4 Å². The summed E-state index contributed by atoms with van der Waals surface area (Å²) in [7, 11) is 0. The van der Waals surface area contributed by atoms with Gasteiger partial charge in [-0.15, -0.1) is 13.2 Å². The van der Waals surface area contributed by atoms with Crippen LogP contribution in [0.5, 0.6) is 5.75 Å². The monoisotopic (exact) mass is 391 g/mol. The molecule has 1 heterocycles. The summed E-state index contributed by atoms with van der Waals surface area (Å²) >= 11 is 0. The Hall–Kier alpha value is -3.82. The van der Waals surface area contributed by atoms with Crippen molar-refractivity contribution in [1.82, 2.24) is 4.98 Å². The van der Waals surface area contributed by atoms with E-state index in [-0.39, 0.29) is 17.4 Å². The minimum Gasteiger partial charge on any atom is -0.431 e. The number of aromatic nitrogens is 1. The van der Waals surface area contributed by atoms with E-state index in [9.17, 15) is 22.8 Å². The highest BCUT2D eigenvalue weighted by Gasteiger charge is 2.32. The summed E-state index contributed by atoms with van der Waals surface area (Å²) in [5, 5.41) is 4.62. The van der Waals surface area contributed by atoms with Gasteiger partial charge in [0, 0.05) is 5.56 Å². The number of hydrogen-bond acceptors (Lipinski definition) is 5. The zero-order valence-electron chi connectivity index (χ0n) is 14.0. The van der Waals surface area contributed by atoms with E-state index in [1.807, 2.05) is 0 Å². The minimum absolute atomic E-state index is 0.206. The quantitative estimate of drug-likeness (QED) is 0.684. The molecule has 0 unspecified atom stereocenters. The van der Waals surface area contributed by atoms with Crippen LogP contribution in [0.2, 0.25) is 0 Å². The van der Waals surface area contributed by atoms with Crippen LogP contribution < -0.4 is 15.4 Å². The largest absolute Gasteiger partial charge is 0.573 e. The first-order chi connectivity index (χ1) is 13.3. The summed E-state index contributed by atoms with van der Waals surface area (Å²) in [6.45, 7) is 0. The van der Waals surface area contributed by atoms with Crippen molar-refractivity contribution >= 4 is 23.5 Å². The van der Waals surface area contributed by atoms with Crippen LogP contribution in [-0.2, 0) is 0 Å². The first kappa shape index (κ1) is 19.0. The molecule has 0 spiro atoms. The van der Waals surface area contributed by atoms with Gasteiger partial charge < -0.3 is 14.5 Å². The molecule has 2 amide bonds. The second-order valence-corrected chi connectivity index (χ2v) is 5.36. The van der Waals surface area contributed by atoms with E-state index >= 15 is 0 Å². The van der Waals surface area contributed by atoms with Crippen LogP contribution in [0.25, 0.3) is 0 Å². The molecule has 0 saturated carbocycles. The van der Waals surface area contributed by atoms with Crippen LogP contribution in [0.15, 0.2) is 65.3 Å². The predicted molar refractivity (Wildman–Crippen MR) is 92.0 cm³/mol. The third-order valence-corrected chi connectivity index (χ3v) is 3.35. The predicted octanol–water partition coefficient (Wildman–Crippen LogP) is 4.08. The van der Waals surface area contributed by atoms with Gasteiger partial charge in [0.25, 0.3) is 11.8 Å². The fourth-order valence-electron chi connectivity index (χ4n) is 2.16. The number of amides is 2. The van der Waals surface area contributed by atoms with Gasteiger partial charge in [-0.05, 0) is 24.3 Å². The van der Waals surface area contributed by atoms with Crippen LogP contribution in [0.4, 0.5) is 24.9 Å². The van der Waals surface area contributed by atoms with Gasteiger partial charge in [0.1, 0.15) is 6.26 Å². The fourth-order valence-corrected chi connectivity index (χ4v) is 2.16. The Labute approximate surface area is 156 Å². The number of halogens is 3. The molecule has 0 aliphatic heterocycles. The Balaban J connectivity index is 1.69. The van der Waals surface area contributed by atoms with E-state index in [1.54, 1.807) is 30.3 Å². The Morgan fingerprint density at radius 1 is 0.929 bits per heavy atom. The van der Waals surface area contributed by atoms with Crippen molar-refractivity contribution in [3.63, 3.8) is 0 Å². The zero-order chi connectivity index (χ0) is 20.1. The van der Waals surface area contributed by atoms with Gasteiger partial charge in [0.2, 0.25) is 0 Å². The molecular formula is C18H12F3N3O4. The number of ether oxygens (including phenoxy) is 1. The van der Waals surface area contributed by atoms with Crippen LogP contribution in [-0.4, -0.2) is 23.2 Å². The van der Waals surface area contributed by atoms with E-state index in [2.05, 4.69) is 20.4 Å². The second kappa shape index (κ2) is 7.82. The summed E-state index contributed by atoms with van der Waals surface area (Å²) in [4.78, 5) is 28.0. The molecule has 0 aliphatic carbocycles. The van der Waals surface area contributed by atoms with Crippen molar-refractivity contribution in [2.24, 2.45) is 0 Å². The average Bonchev–Trinajstić information content (AvgIpc) is 3.11. The fraction of sp³-hybridized carbons (Fsp3) is 0.0556. The number of rotatable bonds is 5. The standard InChI is InChI=1S/C18H12F3N3O4/c19-18(20,21)28-14-9-5-4-8-12(14)22-16(26)13-10-27-17(23-13)24-15(25)11-6-2-1-3-7-11/h1-10H,(H,22,26)(H,23,24,25). The van der Waals surface area contributed by atoms with Crippen molar-refractivity contribution in [3.05, 3.63) is 72.1 Å². The molecule has 28 heavy (non-hydrogen) atoms. The van der Waals surface area contributed by atoms with Crippen molar-refractivity contribution < 1.29 is 31.9 Å². The minimum atomic E-state index is -4.91. The van der Waals surface area contributed by atoms with Gasteiger partial charge in [0.15, 0.2) is 11.4 Å². The van der Waals surface area contributed by atoms with Crippen molar-refractivity contribution in [1.29, 1.82) is 0 Å². The highest BCUT2D eigenvalue weighted by molar-refractivity contribution is 6.05. The van der Waals surface area contributed by atoms with Gasteiger partial charge in [-0.3, -0.25) is 14.9 Å². The molecule has 0 radical (unpaired) electrons. The van der Waals surface area contributed by atoms with E-state index in [0.717, 1.165) is 12.3 Å². The highest BCUT2D eigenvalue weighted by Crippen LogP contribution is 2.30. The highest BCUT2D eigenvalue weighted by atomic mass is 19.4. The molecule has 2 aromatic carbocycles. The number of nitrogens with one attached hydrogen (secondary N) is 2. The molecule has 2 N–H and O–H groups in total. The number of hydrogen-bond donors (Lipinski definition) is 2. The number of para-hydroxylation sites is 2. The topological polar surface area (TPSA) is 93.5 Å². The number of benzene rings is 2. The normalized spacial score (nSPS) is 11.0. The Morgan fingerprint density at radius 3 is 2.32 bits per heavy atom. The summed E-state index contributed by atoms with van der Waals surface area (Å²) in [6.07, 6.45) is -3.95. The maximum absolute atomic E-state index is 12.4. The van der Waals surface area contributed by atoms with E-state index in [0.29, 0.717) is 5.56 Å². The summed E-state index contributed by atoms with van der Waals surface area (Å²) in [6, 6.07) is 13.0. The molecule has 0 fully saturated rings. The Kier molecular flexibility index (Phi) is 5.30. The molecule has 3 aromatic rings. The summed E-state index contributed by atoms with van der Waals surface area (Å²) in [5.41, 5.74) is -0.0993. The number of oxazole rings is 1. The van der Waals surface area contributed by atoms with Crippen molar-refractivity contribution in [3.8, 4) is 5.75 Å². The number of anilines is 2. The van der Waals surface area contributed by atoms with Gasteiger partial charge in [-0.2, -0.15) is 4.98 Å². The molecule has 0 saturated heterocycles.